The number of likely N-dealkylation sites (N-methyl/N-ethyl adjacent to an activating group) is 1. The third-order valence-corrected chi connectivity index (χ3v) is 5.44. The first-order chi connectivity index (χ1) is 11.6. The number of carbonyl (C=O) groups is 1. The Morgan fingerprint density at radius 2 is 1.70 bits per heavy atom. The van der Waals surface area contributed by atoms with Crippen LogP contribution in [0.25, 0.3) is 0 Å². The molecule has 27 heavy (non-hydrogen) atoms. The SMILES string of the molecule is CN(CCN1CCN(c2ccccc2)CC1)C(=O)C1CCC(N)C1.Cl.Cl.Cl. The zero-order valence-corrected chi connectivity index (χ0v) is 18.4. The molecule has 1 saturated heterocycles. The second-order valence-electron chi connectivity index (χ2n) is 7.19. The Bertz CT molecular complexity index is 541. The van der Waals surface area contributed by atoms with Gasteiger partial charge < -0.3 is 15.5 Å². The molecule has 1 aliphatic heterocycles. The van der Waals surface area contributed by atoms with Gasteiger partial charge in [-0.05, 0) is 31.4 Å². The number of piperazine rings is 1. The molecule has 2 atom stereocenters. The molecule has 1 saturated carbocycles. The number of hydrogen-bond donors (Lipinski definition) is 1. The lowest BCUT2D eigenvalue weighted by Gasteiger charge is -2.36. The minimum Gasteiger partial charge on any atom is -0.369 e. The van der Waals surface area contributed by atoms with Crippen molar-refractivity contribution in [2.75, 3.05) is 51.2 Å². The molecule has 1 aliphatic carbocycles. The molecule has 3 rings (SSSR count). The van der Waals surface area contributed by atoms with Crippen molar-refractivity contribution in [3.05, 3.63) is 30.3 Å². The number of amides is 1. The van der Waals surface area contributed by atoms with Crippen LogP contribution in [0.5, 0.6) is 0 Å². The summed E-state index contributed by atoms with van der Waals surface area (Å²) < 4.78 is 0. The van der Waals surface area contributed by atoms with Crippen LogP contribution in [0.4, 0.5) is 5.69 Å². The Morgan fingerprint density at radius 1 is 1.07 bits per heavy atom. The third kappa shape index (κ3) is 7.31. The summed E-state index contributed by atoms with van der Waals surface area (Å²) in [5, 5.41) is 0. The van der Waals surface area contributed by atoms with Crippen molar-refractivity contribution in [2.24, 2.45) is 11.7 Å². The molecule has 1 heterocycles. The first-order valence-corrected chi connectivity index (χ1v) is 9.16. The molecule has 0 bridgehead atoms. The van der Waals surface area contributed by atoms with E-state index in [-0.39, 0.29) is 55.1 Å². The van der Waals surface area contributed by atoms with Crippen molar-refractivity contribution < 1.29 is 4.79 Å². The fraction of sp³-hybridized carbons (Fsp3) is 0.632. The highest BCUT2D eigenvalue weighted by molar-refractivity contribution is 5.86. The number of anilines is 1. The highest BCUT2D eigenvalue weighted by Gasteiger charge is 2.29. The topological polar surface area (TPSA) is 52.8 Å². The first-order valence-electron chi connectivity index (χ1n) is 9.16. The van der Waals surface area contributed by atoms with Crippen LogP contribution in [-0.4, -0.2) is 68.1 Å². The molecule has 2 N–H and O–H groups in total. The van der Waals surface area contributed by atoms with Gasteiger partial charge in [-0.15, -0.1) is 37.2 Å². The molecule has 2 fully saturated rings. The summed E-state index contributed by atoms with van der Waals surface area (Å²) in [6.07, 6.45) is 2.81. The van der Waals surface area contributed by atoms with Gasteiger partial charge in [0.15, 0.2) is 0 Å². The molecule has 8 heteroatoms. The standard InChI is InChI=1S/C19H30N4O.3ClH/c1-21(19(24)16-7-8-17(20)15-16)9-10-22-11-13-23(14-12-22)18-5-3-2-4-6-18;;;/h2-6,16-17H,7-15,20H2,1H3;3*1H. The highest BCUT2D eigenvalue weighted by atomic mass is 35.5. The smallest absolute Gasteiger partial charge is 0.225 e. The van der Waals surface area contributed by atoms with E-state index in [1.165, 1.54) is 5.69 Å². The van der Waals surface area contributed by atoms with Crippen LogP contribution in [-0.2, 0) is 4.79 Å². The summed E-state index contributed by atoms with van der Waals surface area (Å²) in [6, 6.07) is 10.8. The lowest BCUT2D eigenvalue weighted by molar-refractivity contribution is -0.134. The van der Waals surface area contributed by atoms with Crippen LogP contribution in [0.3, 0.4) is 0 Å². The number of halogens is 3. The molecular weight excluding hydrogens is 407 g/mol. The lowest BCUT2D eigenvalue weighted by atomic mass is 10.1. The molecule has 1 aromatic carbocycles. The van der Waals surface area contributed by atoms with Crippen LogP contribution in [0.1, 0.15) is 19.3 Å². The zero-order valence-electron chi connectivity index (χ0n) is 16.0. The van der Waals surface area contributed by atoms with E-state index in [1.54, 1.807) is 0 Å². The summed E-state index contributed by atoms with van der Waals surface area (Å²) in [5.74, 6) is 0.436. The Kier molecular flexibility index (Phi) is 12.3. The molecule has 2 aliphatic rings. The van der Waals surface area contributed by atoms with Crippen LogP contribution in [0.2, 0.25) is 0 Å². The predicted molar refractivity (Wildman–Crippen MR) is 120 cm³/mol. The van der Waals surface area contributed by atoms with E-state index in [4.69, 9.17) is 5.73 Å². The molecule has 2 unspecified atom stereocenters. The van der Waals surface area contributed by atoms with Gasteiger partial charge in [-0.3, -0.25) is 9.69 Å². The Hall–Kier alpha value is -0.720. The quantitative estimate of drug-likeness (QED) is 0.766. The van der Waals surface area contributed by atoms with E-state index in [0.29, 0.717) is 0 Å². The summed E-state index contributed by atoms with van der Waals surface area (Å²) in [7, 11) is 1.94. The highest BCUT2D eigenvalue weighted by Crippen LogP contribution is 2.25. The van der Waals surface area contributed by atoms with Gasteiger partial charge in [0, 0.05) is 64.0 Å². The third-order valence-electron chi connectivity index (χ3n) is 5.44. The number of hydrogen-bond acceptors (Lipinski definition) is 4. The number of benzene rings is 1. The minimum atomic E-state index is 0. The number of nitrogens with two attached hydrogens (primary N) is 1. The summed E-state index contributed by atoms with van der Waals surface area (Å²) in [4.78, 5) is 19.3. The number of carbonyl (C=O) groups excluding carboxylic acids is 1. The average molecular weight is 440 g/mol. The van der Waals surface area contributed by atoms with Gasteiger partial charge in [0.05, 0.1) is 0 Å². The van der Waals surface area contributed by atoms with E-state index in [0.717, 1.165) is 58.5 Å². The molecule has 0 aromatic heterocycles. The van der Waals surface area contributed by atoms with Crippen LogP contribution >= 0.6 is 37.2 Å². The van der Waals surface area contributed by atoms with Crippen molar-refractivity contribution in [1.29, 1.82) is 0 Å². The zero-order chi connectivity index (χ0) is 16.9. The van der Waals surface area contributed by atoms with Crippen molar-refractivity contribution in [1.82, 2.24) is 9.80 Å². The number of nitrogens with zero attached hydrogens (tertiary/aromatic N) is 3. The fourth-order valence-corrected chi connectivity index (χ4v) is 3.82. The Morgan fingerprint density at radius 3 is 2.26 bits per heavy atom. The first kappa shape index (κ1) is 26.3. The van der Waals surface area contributed by atoms with Gasteiger partial charge in [-0.2, -0.15) is 0 Å². The van der Waals surface area contributed by atoms with Crippen molar-refractivity contribution >= 4 is 48.8 Å². The van der Waals surface area contributed by atoms with Gasteiger partial charge in [-0.25, -0.2) is 0 Å². The van der Waals surface area contributed by atoms with Crippen molar-refractivity contribution in [2.45, 2.75) is 25.3 Å². The summed E-state index contributed by atoms with van der Waals surface area (Å²) in [5.41, 5.74) is 7.24. The van der Waals surface area contributed by atoms with Gasteiger partial charge in [0.2, 0.25) is 5.91 Å². The second-order valence-corrected chi connectivity index (χ2v) is 7.19. The van der Waals surface area contributed by atoms with E-state index < -0.39 is 0 Å². The molecule has 1 aromatic rings. The van der Waals surface area contributed by atoms with E-state index in [1.807, 2.05) is 11.9 Å². The Balaban J connectivity index is 0.00000225. The largest absolute Gasteiger partial charge is 0.369 e. The van der Waals surface area contributed by atoms with Gasteiger partial charge in [-0.1, -0.05) is 18.2 Å². The molecule has 1 amide bonds. The van der Waals surface area contributed by atoms with Crippen molar-refractivity contribution in [3.63, 3.8) is 0 Å². The van der Waals surface area contributed by atoms with Gasteiger partial charge in [0.1, 0.15) is 0 Å². The van der Waals surface area contributed by atoms with Crippen LogP contribution in [0.15, 0.2) is 30.3 Å². The summed E-state index contributed by atoms with van der Waals surface area (Å²) in [6.45, 7) is 6.01. The van der Waals surface area contributed by atoms with Crippen LogP contribution < -0.4 is 10.6 Å². The molecule has 5 nitrogen and oxygen atoms in total. The Labute approximate surface area is 181 Å². The second kappa shape index (κ2) is 12.7. The van der Waals surface area contributed by atoms with Crippen molar-refractivity contribution in [3.8, 4) is 0 Å². The van der Waals surface area contributed by atoms with Gasteiger partial charge >= 0.3 is 0 Å². The molecule has 0 spiro atoms. The average Bonchev–Trinajstić information content (AvgIpc) is 3.06. The maximum atomic E-state index is 12.4. The predicted octanol–water partition coefficient (Wildman–Crippen LogP) is 2.66. The normalized spacial score (nSPS) is 22.2. The van der Waals surface area contributed by atoms with Crippen LogP contribution in [0, 0.1) is 5.92 Å². The maximum absolute atomic E-state index is 12.4. The van der Waals surface area contributed by atoms with E-state index in [2.05, 4.69) is 40.1 Å². The minimum absolute atomic E-state index is 0. The monoisotopic (exact) mass is 438 g/mol. The van der Waals surface area contributed by atoms with E-state index in [9.17, 15) is 4.79 Å². The number of para-hydroxylation sites is 1. The maximum Gasteiger partial charge on any atom is 0.225 e. The number of rotatable bonds is 5. The van der Waals surface area contributed by atoms with E-state index >= 15 is 0 Å². The van der Waals surface area contributed by atoms with Gasteiger partial charge in [0.25, 0.3) is 0 Å². The molecular formula is C19H33Cl3N4O. The molecule has 0 radical (unpaired) electrons. The summed E-state index contributed by atoms with van der Waals surface area (Å²) >= 11 is 0. The molecule has 156 valence electrons. The lowest BCUT2D eigenvalue weighted by Crippen LogP contribution is -2.49. The fourth-order valence-electron chi connectivity index (χ4n) is 3.82.